The molecule has 1 aromatic rings. The molecule has 0 aromatic heterocycles. The molecule has 1 aliphatic carbocycles. The standard InChI is InChI=1S/C22H35N3O2/c1-23-22(24-13-5-14-27-21-12-15-26-17-21)25-16-18-8-10-20(11-9-18)19-6-3-2-4-7-19/h2-4,6-7,18,20-21H,5,8-17H2,1H3,(H2,23,24,25). The number of nitrogens with one attached hydrogen (secondary N) is 2. The van der Waals surface area contributed by atoms with E-state index >= 15 is 0 Å². The molecule has 2 aliphatic rings. The third kappa shape index (κ3) is 6.82. The Morgan fingerprint density at radius 3 is 2.63 bits per heavy atom. The molecule has 1 saturated heterocycles. The zero-order valence-electron chi connectivity index (χ0n) is 16.7. The molecule has 1 unspecified atom stereocenters. The summed E-state index contributed by atoms with van der Waals surface area (Å²) in [6.07, 6.45) is 7.49. The summed E-state index contributed by atoms with van der Waals surface area (Å²) in [4.78, 5) is 4.34. The van der Waals surface area contributed by atoms with E-state index in [0.717, 1.165) is 63.5 Å². The molecule has 150 valence electrons. The number of rotatable bonds is 8. The van der Waals surface area contributed by atoms with Gasteiger partial charge in [-0.1, -0.05) is 30.3 Å². The van der Waals surface area contributed by atoms with Gasteiger partial charge < -0.3 is 20.1 Å². The Morgan fingerprint density at radius 2 is 1.93 bits per heavy atom. The summed E-state index contributed by atoms with van der Waals surface area (Å²) in [7, 11) is 1.84. The van der Waals surface area contributed by atoms with Crippen molar-refractivity contribution < 1.29 is 9.47 Å². The molecule has 1 aliphatic heterocycles. The molecular weight excluding hydrogens is 338 g/mol. The Morgan fingerprint density at radius 1 is 1.11 bits per heavy atom. The van der Waals surface area contributed by atoms with Gasteiger partial charge in [-0.2, -0.15) is 0 Å². The Kier molecular flexibility index (Phi) is 8.43. The Labute approximate surface area is 163 Å². The molecule has 1 heterocycles. The Balaban J connectivity index is 1.26. The van der Waals surface area contributed by atoms with Gasteiger partial charge in [0.25, 0.3) is 0 Å². The number of ether oxygens (including phenoxy) is 2. The molecule has 5 heteroatoms. The molecule has 0 amide bonds. The predicted molar refractivity (Wildman–Crippen MR) is 110 cm³/mol. The highest BCUT2D eigenvalue weighted by atomic mass is 16.5. The molecule has 0 bridgehead atoms. The summed E-state index contributed by atoms with van der Waals surface area (Å²) < 4.78 is 11.1. The third-order valence-corrected chi connectivity index (χ3v) is 5.75. The van der Waals surface area contributed by atoms with Crippen LogP contribution in [0.3, 0.4) is 0 Å². The first-order valence-corrected chi connectivity index (χ1v) is 10.5. The summed E-state index contributed by atoms with van der Waals surface area (Å²) in [6.45, 7) is 4.27. The molecule has 1 atom stereocenters. The topological polar surface area (TPSA) is 54.9 Å². The second-order valence-corrected chi connectivity index (χ2v) is 7.72. The molecule has 3 rings (SSSR count). The Bertz CT molecular complexity index is 550. The van der Waals surface area contributed by atoms with Crippen LogP contribution in [0.2, 0.25) is 0 Å². The molecule has 27 heavy (non-hydrogen) atoms. The average Bonchev–Trinajstić information content (AvgIpc) is 3.25. The van der Waals surface area contributed by atoms with Crippen LogP contribution in [-0.4, -0.2) is 52.0 Å². The fraction of sp³-hybridized carbons (Fsp3) is 0.682. The minimum absolute atomic E-state index is 0.299. The minimum Gasteiger partial charge on any atom is -0.379 e. The highest BCUT2D eigenvalue weighted by molar-refractivity contribution is 5.79. The highest BCUT2D eigenvalue weighted by Gasteiger charge is 2.22. The monoisotopic (exact) mass is 373 g/mol. The van der Waals surface area contributed by atoms with Crippen LogP contribution in [0.1, 0.15) is 50.0 Å². The van der Waals surface area contributed by atoms with Crippen LogP contribution in [0.4, 0.5) is 0 Å². The molecule has 0 radical (unpaired) electrons. The van der Waals surface area contributed by atoms with E-state index in [1.54, 1.807) is 0 Å². The van der Waals surface area contributed by atoms with Gasteiger partial charge in [0.1, 0.15) is 0 Å². The SMILES string of the molecule is CN=C(NCCCOC1CCOC1)NCC1CCC(c2ccccc2)CC1. The summed E-state index contributed by atoms with van der Waals surface area (Å²) in [5, 5.41) is 6.90. The second-order valence-electron chi connectivity index (χ2n) is 7.72. The number of benzene rings is 1. The third-order valence-electron chi connectivity index (χ3n) is 5.75. The van der Waals surface area contributed by atoms with Gasteiger partial charge in [-0.25, -0.2) is 0 Å². The first-order chi connectivity index (χ1) is 13.3. The lowest BCUT2D eigenvalue weighted by Crippen LogP contribution is -2.41. The van der Waals surface area contributed by atoms with Gasteiger partial charge in [-0.15, -0.1) is 0 Å². The van der Waals surface area contributed by atoms with E-state index in [2.05, 4.69) is 46.0 Å². The lowest BCUT2D eigenvalue weighted by molar-refractivity contribution is 0.0420. The predicted octanol–water partition coefficient (Wildman–Crippen LogP) is 3.32. The molecular formula is C22H35N3O2. The summed E-state index contributed by atoms with van der Waals surface area (Å²) in [5.41, 5.74) is 1.51. The van der Waals surface area contributed by atoms with Crippen molar-refractivity contribution in [2.24, 2.45) is 10.9 Å². The van der Waals surface area contributed by atoms with Gasteiger partial charge in [-0.05, 0) is 55.9 Å². The lowest BCUT2D eigenvalue weighted by Gasteiger charge is -2.29. The number of nitrogens with zero attached hydrogens (tertiary/aromatic N) is 1. The average molecular weight is 374 g/mol. The van der Waals surface area contributed by atoms with Crippen molar-refractivity contribution in [3.8, 4) is 0 Å². The van der Waals surface area contributed by atoms with E-state index in [4.69, 9.17) is 9.47 Å². The number of hydrogen-bond acceptors (Lipinski definition) is 3. The van der Waals surface area contributed by atoms with E-state index in [0.29, 0.717) is 6.10 Å². The first-order valence-electron chi connectivity index (χ1n) is 10.5. The van der Waals surface area contributed by atoms with Gasteiger partial charge in [0.2, 0.25) is 0 Å². The van der Waals surface area contributed by atoms with Crippen molar-refractivity contribution in [3.05, 3.63) is 35.9 Å². The van der Waals surface area contributed by atoms with Crippen molar-refractivity contribution in [3.63, 3.8) is 0 Å². The molecule has 2 N–H and O–H groups in total. The van der Waals surface area contributed by atoms with Crippen LogP contribution in [0, 0.1) is 5.92 Å². The molecule has 2 fully saturated rings. The fourth-order valence-electron chi connectivity index (χ4n) is 4.06. The minimum atomic E-state index is 0.299. The smallest absolute Gasteiger partial charge is 0.190 e. The van der Waals surface area contributed by atoms with Crippen LogP contribution in [0.5, 0.6) is 0 Å². The van der Waals surface area contributed by atoms with E-state index in [9.17, 15) is 0 Å². The van der Waals surface area contributed by atoms with Crippen LogP contribution in [0.25, 0.3) is 0 Å². The molecule has 0 spiro atoms. The van der Waals surface area contributed by atoms with Crippen molar-refractivity contribution in [1.29, 1.82) is 0 Å². The van der Waals surface area contributed by atoms with Crippen molar-refractivity contribution in [2.45, 2.75) is 50.5 Å². The summed E-state index contributed by atoms with van der Waals surface area (Å²) >= 11 is 0. The highest BCUT2D eigenvalue weighted by Crippen LogP contribution is 2.35. The fourth-order valence-corrected chi connectivity index (χ4v) is 4.06. The van der Waals surface area contributed by atoms with Crippen LogP contribution in [-0.2, 0) is 9.47 Å². The molecule has 5 nitrogen and oxygen atoms in total. The van der Waals surface area contributed by atoms with E-state index < -0.39 is 0 Å². The van der Waals surface area contributed by atoms with Crippen molar-refractivity contribution in [2.75, 3.05) is 40.0 Å². The maximum Gasteiger partial charge on any atom is 0.190 e. The molecule has 1 saturated carbocycles. The van der Waals surface area contributed by atoms with E-state index in [-0.39, 0.29) is 0 Å². The first kappa shape index (κ1) is 20.2. The van der Waals surface area contributed by atoms with Gasteiger partial charge in [0, 0.05) is 33.4 Å². The van der Waals surface area contributed by atoms with Crippen molar-refractivity contribution in [1.82, 2.24) is 10.6 Å². The van der Waals surface area contributed by atoms with Gasteiger partial charge in [-0.3, -0.25) is 4.99 Å². The second kappa shape index (κ2) is 11.3. The number of hydrogen-bond donors (Lipinski definition) is 2. The van der Waals surface area contributed by atoms with Crippen LogP contribution < -0.4 is 10.6 Å². The quantitative estimate of drug-likeness (QED) is 0.417. The molecule has 1 aromatic carbocycles. The summed E-state index contributed by atoms with van der Waals surface area (Å²) in [6, 6.07) is 11.0. The van der Waals surface area contributed by atoms with E-state index in [1.165, 1.54) is 31.2 Å². The maximum atomic E-state index is 5.79. The maximum absolute atomic E-state index is 5.79. The number of guanidine groups is 1. The number of aliphatic imine (C=N–C) groups is 1. The van der Waals surface area contributed by atoms with E-state index in [1.807, 2.05) is 7.05 Å². The van der Waals surface area contributed by atoms with Gasteiger partial charge in [0.15, 0.2) is 5.96 Å². The van der Waals surface area contributed by atoms with Crippen LogP contribution in [0.15, 0.2) is 35.3 Å². The van der Waals surface area contributed by atoms with Gasteiger partial charge in [0.05, 0.1) is 12.7 Å². The summed E-state index contributed by atoms with van der Waals surface area (Å²) in [5.74, 6) is 2.39. The zero-order chi connectivity index (χ0) is 18.7. The lowest BCUT2D eigenvalue weighted by atomic mass is 9.79. The van der Waals surface area contributed by atoms with Crippen molar-refractivity contribution >= 4 is 5.96 Å². The largest absolute Gasteiger partial charge is 0.379 e. The Hall–Kier alpha value is -1.59. The van der Waals surface area contributed by atoms with Gasteiger partial charge >= 0.3 is 0 Å². The van der Waals surface area contributed by atoms with Crippen LogP contribution >= 0.6 is 0 Å². The normalized spacial score (nSPS) is 26.1. The zero-order valence-corrected chi connectivity index (χ0v) is 16.7.